The van der Waals surface area contributed by atoms with E-state index < -0.39 is 0 Å². The highest BCUT2D eigenvalue weighted by Gasteiger charge is 2.16. The molecule has 0 bridgehead atoms. The summed E-state index contributed by atoms with van der Waals surface area (Å²) >= 11 is 0. The number of methoxy groups -OCH3 is 1. The van der Waals surface area contributed by atoms with Gasteiger partial charge in [-0.3, -0.25) is 4.79 Å². The number of hydrogen-bond acceptors (Lipinski definition) is 2. The monoisotopic (exact) mass is 279 g/mol. The Balaban J connectivity index is 2.35. The number of hydrogen-bond donors (Lipinski definition) is 2. The van der Waals surface area contributed by atoms with Crippen molar-refractivity contribution in [2.45, 2.75) is 32.7 Å². The maximum Gasteiger partial charge on any atom is 0.275 e. The van der Waals surface area contributed by atoms with Crippen LogP contribution >= 0.6 is 0 Å². The van der Waals surface area contributed by atoms with Crippen molar-refractivity contribution in [2.24, 2.45) is 0 Å². The Bertz CT molecular complexity index is 421. The fraction of sp³-hybridized carbons (Fsp3) is 0.562. The maximum absolute atomic E-state index is 11.8. The van der Waals surface area contributed by atoms with E-state index in [1.165, 1.54) is 10.5 Å². The Hall–Kier alpha value is -1.55. The normalized spacial score (nSPS) is 12.8. The molecule has 0 heterocycles. The molecule has 1 atom stereocenters. The Labute approximate surface area is 122 Å². The van der Waals surface area contributed by atoms with Gasteiger partial charge in [-0.1, -0.05) is 12.1 Å². The SMILES string of the molecule is COc1ccc(CC[NH+](C)CC(=O)NC(C)(C)C)cc1. The van der Waals surface area contributed by atoms with Gasteiger partial charge in [-0.05, 0) is 38.5 Å². The predicted octanol–water partition coefficient (Wildman–Crippen LogP) is 0.667. The third kappa shape index (κ3) is 6.57. The first kappa shape index (κ1) is 16.5. The van der Waals surface area contributed by atoms with Crippen LogP contribution in [-0.2, 0) is 11.2 Å². The van der Waals surface area contributed by atoms with Crippen LogP contribution in [0.3, 0.4) is 0 Å². The second-order valence-corrected chi connectivity index (χ2v) is 6.28. The highest BCUT2D eigenvalue weighted by Crippen LogP contribution is 2.10. The molecule has 1 aromatic carbocycles. The first-order chi connectivity index (χ1) is 9.30. The average Bonchev–Trinajstić information content (AvgIpc) is 2.34. The van der Waals surface area contributed by atoms with E-state index in [4.69, 9.17) is 4.74 Å². The summed E-state index contributed by atoms with van der Waals surface area (Å²) in [5.74, 6) is 0.976. The van der Waals surface area contributed by atoms with Gasteiger partial charge >= 0.3 is 0 Å². The molecule has 0 aliphatic carbocycles. The first-order valence-electron chi connectivity index (χ1n) is 7.05. The van der Waals surface area contributed by atoms with E-state index in [9.17, 15) is 4.79 Å². The van der Waals surface area contributed by atoms with Gasteiger partial charge in [0.25, 0.3) is 5.91 Å². The van der Waals surface area contributed by atoms with Crippen LogP contribution in [-0.4, -0.2) is 38.7 Å². The van der Waals surface area contributed by atoms with Gasteiger partial charge < -0.3 is 15.0 Å². The number of amides is 1. The van der Waals surface area contributed by atoms with Gasteiger partial charge in [0.2, 0.25) is 0 Å². The molecule has 0 saturated heterocycles. The fourth-order valence-corrected chi connectivity index (χ4v) is 1.97. The largest absolute Gasteiger partial charge is 0.497 e. The molecule has 1 unspecified atom stereocenters. The van der Waals surface area contributed by atoms with Gasteiger partial charge in [0, 0.05) is 12.0 Å². The standard InChI is InChI=1S/C16H26N2O2/c1-16(2,3)17-15(19)12-18(4)11-10-13-6-8-14(20-5)9-7-13/h6-9H,10-12H2,1-5H3,(H,17,19)/p+1. The second-order valence-electron chi connectivity index (χ2n) is 6.28. The van der Waals surface area contributed by atoms with E-state index >= 15 is 0 Å². The summed E-state index contributed by atoms with van der Waals surface area (Å²) in [5.41, 5.74) is 1.11. The first-order valence-corrected chi connectivity index (χ1v) is 7.05. The number of likely N-dealkylation sites (N-methyl/N-ethyl adjacent to an activating group) is 1. The molecular formula is C16H27N2O2+. The minimum Gasteiger partial charge on any atom is -0.497 e. The molecule has 0 saturated carbocycles. The van der Waals surface area contributed by atoms with Crippen molar-refractivity contribution in [3.63, 3.8) is 0 Å². The van der Waals surface area contributed by atoms with Gasteiger partial charge in [-0.15, -0.1) is 0 Å². The molecule has 112 valence electrons. The van der Waals surface area contributed by atoms with E-state index in [1.807, 2.05) is 40.0 Å². The molecule has 1 aromatic rings. The number of carbonyl (C=O) groups excluding carboxylic acids is 1. The van der Waals surface area contributed by atoms with Gasteiger partial charge in [-0.25, -0.2) is 0 Å². The summed E-state index contributed by atoms with van der Waals surface area (Å²) < 4.78 is 5.14. The van der Waals surface area contributed by atoms with E-state index in [-0.39, 0.29) is 11.4 Å². The fourth-order valence-electron chi connectivity index (χ4n) is 1.97. The number of benzene rings is 1. The molecule has 0 aromatic heterocycles. The van der Waals surface area contributed by atoms with Gasteiger partial charge in [-0.2, -0.15) is 0 Å². The third-order valence-corrected chi connectivity index (χ3v) is 2.98. The van der Waals surface area contributed by atoms with Crippen molar-refractivity contribution in [1.29, 1.82) is 0 Å². The van der Waals surface area contributed by atoms with Crippen molar-refractivity contribution in [3.05, 3.63) is 29.8 Å². The molecule has 0 aliphatic heterocycles. The maximum atomic E-state index is 11.8. The Morgan fingerprint density at radius 2 is 1.85 bits per heavy atom. The van der Waals surface area contributed by atoms with E-state index in [0.717, 1.165) is 18.7 Å². The molecule has 4 heteroatoms. The molecule has 20 heavy (non-hydrogen) atoms. The molecule has 1 amide bonds. The molecule has 2 N–H and O–H groups in total. The predicted molar refractivity (Wildman–Crippen MR) is 81.2 cm³/mol. The molecular weight excluding hydrogens is 252 g/mol. The van der Waals surface area contributed by atoms with Gasteiger partial charge in [0.05, 0.1) is 20.7 Å². The van der Waals surface area contributed by atoms with Crippen LogP contribution in [0.2, 0.25) is 0 Å². The molecule has 0 radical (unpaired) electrons. The van der Waals surface area contributed by atoms with E-state index in [2.05, 4.69) is 17.4 Å². The van der Waals surface area contributed by atoms with Crippen molar-refractivity contribution in [1.82, 2.24) is 5.32 Å². The van der Waals surface area contributed by atoms with Crippen molar-refractivity contribution in [3.8, 4) is 5.75 Å². The Kier molecular flexibility index (Phi) is 6.02. The summed E-state index contributed by atoms with van der Waals surface area (Å²) in [7, 11) is 3.71. The van der Waals surface area contributed by atoms with Crippen molar-refractivity contribution in [2.75, 3.05) is 27.2 Å². The van der Waals surface area contributed by atoms with Crippen LogP contribution < -0.4 is 15.0 Å². The van der Waals surface area contributed by atoms with Crippen molar-refractivity contribution < 1.29 is 14.4 Å². The summed E-state index contributed by atoms with van der Waals surface area (Å²) in [6.45, 7) is 7.43. The summed E-state index contributed by atoms with van der Waals surface area (Å²) in [4.78, 5) is 13.0. The molecule has 1 rings (SSSR count). The quantitative estimate of drug-likeness (QED) is 0.804. The number of carbonyl (C=O) groups is 1. The van der Waals surface area contributed by atoms with Crippen molar-refractivity contribution >= 4 is 5.91 Å². The van der Waals surface area contributed by atoms with Crippen LogP contribution in [0.4, 0.5) is 0 Å². The number of quaternary nitrogens is 1. The lowest BCUT2D eigenvalue weighted by Crippen LogP contribution is -3.10. The topological polar surface area (TPSA) is 42.8 Å². The lowest BCUT2D eigenvalue weighted by molar-refractivity contribution is -0.871. The molecule has 0 aliphatic rings. The van der Waals surface area contributed by atoms with Crippen LogP contribution in [0.25, 0.3) is 0 Å². The molecule has 0 spiro atoms. The minimum atomic E-state index is -0.159. The summed E-state index contributed by atoms with van der Waals surface area (Å²) in [6.07, 6.45) is 0.957. The average molecular weight is 279 g/mol. The van der Waals surface area contributed by atoms with Crippen LogP contribution in [0.1, 0.15) is 26.3 Å². The highest BCUT2D eigenvalue weighted by molar-refractivity contribution is 5.77. The lowest BCUT2D eigenvalue weighted by Gasteiger charge is -2.22. The Morgan fingerprint density at radius 1 is 1.25 bits per heavy atom. The Morgan fingerprint density at radius 3 is 2.35 bits per heavy atom. The third-order valence-electron chi connectivity index (χ3n) is 2.98. The lowest BCUT2D eigenvalue weighted by atomic mass is 10.1. The van der Waals surface area contributed by atoms with E-state index in [0.29, 0.717) is 6.54 Å². The second kappa shape index (κ2) is 7.29. The summed E-state index contributed by atoms with van der Waals surface area (Å²) in [6, 6.07) is 8.08. The minimum absolute atomic E-state index is 0.102. The zero-order valence-corrected chi connectivity index (χ0v) is 13.2. The molecule has 4 nitrogen and oxygen atoms in total. The van der Waals surface area contributed by atoms with Gasteiger partial charge in [0.1, 0.15) is 5.75 Å². The zero-order chi connectivity index (χ0) is 15.2. The zero-order valence-electron chi connectivity index (χ0n) is 13.2. The van der Waals surface area contributed by atoms with Crippen LogP contribution in [0.5, 0.6) is 5.75 Å². The number of nitrogens with one attached hydrogen (secondary N) is 2. The summed E-state index contributed by atoms with van der Waals surface area (Å²) in [5, 5.41) is 2.99. The van der Waals surface area contributed by atoms with E-state index in [1.54, 1.807) is 7.11 Å². The number of rotatable bonds is 6. The van der Waals surface area contributed by atoms with Crippen LogP contribution in [0.15, 0.2) is 24.3 Å². The van der Waals surface area contributed by atoms with Gasteiger partial charge in [0.15, 0.2) is 6.54 Å². The highest BCUT2D eigenvalue weighted by atomic mass is 16.5. The smallest absolute Gasteiger partial charge is 0.275 e. The van der Waals surface area contributed by atoms with Crippen LogP contribution in [0, 0.1) is 0 Å². The number of ether oxygens (including phenoxy) is 1. The molecule has 0 fully saturated rings.